The summed E-state index contributed by atoms with van der Waals surface area (Å²) in [6, 6.07) is 10.0. The molecule has 0 unspecified atom stereocenters. The minimum Gasteiger partial charge on any atom is -0.378 e. The van der Waals surface area contributed by atoms with Gasteiger partial charge in [-0.05, 0) is 24.1 Å². The number of aromatic amines is 1. The second kappa shape index (κ2) is 7.79. The van der Waals surface area contributed by atoms with Gasteiger partial charge in [0.25, 0.3) is 5.56 Å². The van der Waals surface area contributed by atoms with E-state index in [1.54, 1.807) is 6.07 Å². The summed E-state index contributed by atoms with van der Waals surface area (Å²) in [6.07, 6.45) is 1.78. The number of morpholine rings is 1. The number of nitrogens with zero attached hydrogens (tertiary/aromatic N) is 4. The second-order valence-corrected chi connectivity index (χ2v) is 6.67. The molecule has 27 heavy (non-hydrogen) atoms. The van der Waals surface area contributed by atoms with E-state index in [9.17, 15) is 4.79 Å². The van der Waals surface area contributed by atoms with Gasteiger partial charge in [0, 0.05) is 37.1 Å². The highest BCUT2D eigenvalue weighted by atomic mass is 16.5. The number of benzene rings is 1. The van der Waals surface area contributed by atoms with E-state index in [4.69, 9.17) is 4.74 Å². The highest BCUT2D eigenvalue weighted by Crippen LogP contribution is 2.17. The van der Waals surface area contributed by atoms with Crippen LogP contribution in [0.2, 0.25) is 0 Å². The Labute approximate surface area is 157 Å². The van der Waals surface area contributed by atoms with Crippen molar-refractivity contribution in [3.63, 3.8) is 0 Å². The Balaban J connectivity index is 1.43. The van der Waals surface area contributed by atoms with E-state index in [2.05, 4.69) is 56.5 Å². The van der Waals surface area contributed by atoms with Crippen LogP contribution in [0.15, 0.2) is 35.1 Å². The van der Waals surface area contributed by atoms with E-state index in [1.165, 1.54) is 10.2 Å². The first kappa shape index (κ1) is 17.5. The first-order valence-corrected chi connectivity index (χ1v) is 9.37. The Hall–Kier alpha value is -2.87. The first-order chi connectivity index (χ1) is 13.2. The molecular formula is C19H24N6O2. The van der Waals surface area contributed by atoms with E-state index >= 15 is 0 Å². The maximum Gasteiger partial charge on any atom is 0.275 e. The van der Waals surface area contributed by atoms with Crippen LogP contribution in [0.25, 0.3) is 5.78 Å². The molecule has 3 aromatic rings. The topological polar surface area (TPSA) is 87.6 Å². The molecule has 2 N–H and O–H groups in total. The molecule has 0 radical (unpaired) electrons. The maximum absolute atomic E-state index is 12.1. The van der Waals surface area contributed by atoms with Crippen molar-refractivity contribution in [1.29, 1.82) is 0 Å². The van der Waals surface area contributed by atoms with Crippen molar-refractivity contribution in [2.45, 2.75) is 26.3 Å². The van der Waals surface area contributed by atoms with E-state index in [-0.39, 0.29) is 5.56 Å². The molecule has 4 rings (SSSR count). The van der Waals surface area contributed by atoms with E-state index in [0.29, 0.717) is 18.3 Å². The zero-order valence-corrected chi connectivity index (χ0v) is 15.4. The highest BCUT2D eigenvalue weighted by molar-refractivity contribution is 5.48. The maximum atomic E-state index is 12.1. The Morgan fingerprint density at radius 1 is 1.22 bits per heavy atom. The number of H-pyrrole nitrogens is 1. The van der Waals surface area contributed by atoms with Crippen LogP contribution in [0.4, 0.5) is 11.6 Å². The Morgan fingerprint density at radius 3 is 2.74 bits per heavy atom. The number of anilines is 2. The van der Waals surface area contributed by atoms with E-state index < -0.39 is 0 Å². The average molecular weight is 368 g/mol. The minimum atomic E-state index is -0.164. The van der Waals surface area contributed by atoms with Gasteiger partial charge in [0.2, 0.25) is 11.7 Å². The van der Waals surface area contributed by atoms with Gasteiger partial charge in [-0.15, -0.1) is 5.10 Å². The number of rotatable bonds is 6. The molecule has 1 aromatic carbocycles. The summed E-state index contributed by atoms with van der Waals surface area (Å²) in [5, 5.41) is 7.44. The third kappa shape index (κ3) is 3.95. The molecule has 142 valence electrons. The molecule has 1 fully saturated rings. The monoisotopic (exact) mass is 368 g/mol. The number of hydrogen-bond acceptors (Lipinski definition) is 6. The van der Waals surface area contributed by atoms with Crippen molar-refractivity contribution in [3.05, 3.63) is 51.9 Å². The van der Waals surface area contributed by atoms with E-state index in [0.717, 1.165) is 50.4 Å². The number of nitrogens with one attached hydrogen (secondary N) is 2. The van der Waals surface area contributed by atoms with Gasteiger partial charge in [-0.25, -0.2) is 0 Å². The number of hydrogen-bond donors (Lipinski definition) is 2. The summed E-state index contributed by atoms with van der Waals surface area (Å²) >= 11 is 0. The third-order valence-electron chi connectivity index (χ3n) is 4.67. The molecule has 8 heteroatoms. The van der Waals surface area contributed by atoms with Crippen LogP contribution in [0.3, 0.4) is 0 Å². The molecule has 2 aromatic heterocycles. The first-order valence-electron chi connectivity index (χ1n) is 9.37. The summed E-state index contributed by atoms with van der Waals surface area (Å²) in [5.74, 6) is 0.908. The Morgan fingerprint density at radius 2 is 2.00 bits per heavy atom. The predicted molar refractivity (Wildman–Crippen MR) is 104 cm³/mol. The van der Waals surface area contributed by atoms with Crippen molar-refractivity contribution in [2.24, 2.45) is 0 Å². The van der Waals surface area contributed by atoms with Crippen molar-refractivity contribution in [1.82, 2.24) is 19.6 Å². The number of ether oxygens (including phenoxy) is 1. The smallest absolute Gasteiger partial charge is 0.275 e. The Kier molecular flexibility index (Phi) is 5.06. The van der Waals surface area contributed by atoms with Crippen LogP contribution < -0.4 is 15.8 Å². The number of aromatic nitrogens is 4. The quantitative estimate of drug-likeness (QED) is 0.690. The highest BCUT2D eigenvalue weighted by Gasteiger charge is 2.11. The standard InChI is InChI=1S/C19H24N6O2/c1-2-3-15-12-17(26)25-19(21-15)22-18(23-25)20-13-14-4-6-16(7-5-14)24-8-10-27-11-9-24/h4-7,12H,2-3,8-11,13H2,1H3,(H2,20,21,22,23). The zero-order chi connectivity index (χ0) is 18.6. The molecule has 1 aliphatic rings. The molecule has 0 amide bonds. The van der Waals surface area contributed by atoms with Gasteiger partial charge in [-0.2, -0.15) is 9.50 Å². The van der Waals surface area contributed by atoms with Crippen molar-refractivity contribution < 1.29 is 4.74 Å². The van der Waals surface area contributed by atoms with Crippen molar-refractivity contribution in [3.8, 4) is 0 Å². The molecule has 0 saturated carbocycles. The van der Waals surface area contributed by atoms with Crippen LogP contribution >= 0.6 is 0 Å². The van der Waals surface area contributed by atoms with Gasteiger partial charge in [0.1, 0.15) is 0 Å². The lowest BCUT2D eigenvalue weighted by molar-refractivity contribution is 0.122. The normalized spacial score (nSPS) is 14.6. The van der Waals surface area contributed by atoms with Gasteiger partial charge in [0.15, 0.2) is 0 Å². The summed E-state index contributed by atoms with van der Waals surface area (Å²) in [5.41, 5.74) is 3.06. The van der Waals surface area contributed by atoms with Gasteiger partial charge in [-0.1, -0.05) is 25.5 Å². The van der Waals surface area contributed by atoms with Crippen LogP contribution in [0.5, 0.6) is 0 Å². The lowest BCUT2D eigenvalue weighted by Gasteiger charge is -2.28. The molecule has 3 heterocycles. The molecule has 0 aliphatic carbocycles. The fraction of sp³-hybridized carbons (Fsp3) is 0.421. The largest absolute Gasteiger partial charge is 0.378 e. The molecule has 0 atom stereocenters. The molecule has 8 nitrogen and oxygen atoms in total. The predicted octanol–water partition coefficient (Wildman–Crippen LogP) is 1.82. The van der Waals surface area contributed by atoms with Gasteiger partial charge in [-0.3, -0.25) is 4.79 Å². The molecule has 1 aliphatic heterocycles. The summed E-state index contributed by atoms with van der Waals surface area (Å²) in [4.78, 5) is 22.0. The van der Waals surface area contributed by atoms with E-state index in [1.807, 2.05) is 0 Å². The summed E-state index contributed by atoms with van der Waals surface area (Å²) in [7, 11) is 0. The van der Waals surface area contributed by atoms with Gasteiger partial charge >= 0.3 is 0 Å². The van der Waals surface area contributed by atoms with Crippen molar-refractivity contribution in [2.75, 3.05) is 36.5 Å². The van der Waals surface area contributed by atoms with Crippen LogP contribution in [0.1, 0.15) is 24.6 Å². The SMILES string of the molecule is CCCc1cc(=O)n2nc(NCc3ccc(N4CCOCC4)cc3)nc2[nH]1. The minimum absolute atomic E-state index is 0.164. The number of aryl methyl sites for hydroxylation is 1. The lowest BCUT2D eigenvalue weighted by Crippen LogP contribution is -2.36. The van der Waals surface area contributed by atoms with Crippen LogP contribution in [0, 0.1) is 0 Å². The van der Waals surface area contributed by atoms with Crippen LogP contribution in [-0.2, 0) is 17.7 Å². The van der Waals surface area contributed by atoms with Gasteiger partial charge < -0.3 is 19.9 Å². The fourth-order valence-electron chi connectivity index (χ4n) is 3.24. The number of fused-ring (bicyclic) bond motifs is 1. The second-order valence-electron chi connectivity index (χ2n) is 6.67. The fourth-order valence-corrected chi connectivity index (χ4v) is 3.24. The average Bonchev–Trinajstić information content (AvgIpc) is 3.11. The van der Waals surface area contributed by atoms with Crippen LogP contribution in [-0.4, -0.2) is 45.9 Å². The molecular weight excluding hydrogens is 344 g/mol. The summed E-state index contributed by atoms with van der Waals surface area (Å²) in [6.45, 7) is 6.08. The van der Waals surface area contributed by atoms with Crippen molar-refractivity contribution >= 4 is 17.4 Å². The molecule has 1 saturated heterocycles. The zero-order valence-electron chi connectivity index (χ0n) is 15.4. The third-order valence-corrected chi connectivity index (χ3v) is 4.67. The molecule has 0 bridgehead atoms. The lowest BCUT2D eigenvalue weighted by atomic mass is 10.2. The Bertz CT molecular complexity index is 956. The van der Waals surface area contributed by atoms with Gasteiger partial charge in [0.05, 0.1) is 13.2 Å². The summed E-state index contributed by atoms with van der Waals surface area (Å²) < 4.78 is 6.69. The molecule has 0 spiro atoms.